The third-order valence-electron chi connectivity index (χ3n) is 4.94. The van der Waals surface area contributed by atoms with Crippen molar-refractivity contribution in [1.29, 1.82) is 0 Å². The molecule has 0 aliphatic heterocycles. The normalized spacial score (nSPS) is 23.2. The van der Waals surface area contributed by atoms with Gasteiger partial charge in [0.15, 0.2) is 0 Å². The second kappa shape index (κ2) is 8.60. The highest BCUT2D eigenvalue weighted by molar-refractivity contribution is 7.89. The minimum absolute atomic E-state index is 0.00417. The number of hydrogen-bond acceptors (Lipinski definition) is 5. The van der Waals surface area contributed by atoms with Gasteiger partial charge in [0.1, 0.15) is 6.29 Å². The molecule has 1 aliphatic rings. The molecule has 0 aromatic heterocycles. The van der Waals surface area contributed by atoms with Crippen molar-refractivity contribution in [2.45, 2.75) is 56.1 Å². The summed E-state index contributed by atoms with van der Waals surface area (Å²) in [5.74, 6) is -0.467. The van der Waals surface area contributed by atoms with Crippen molar-refractivity contribution in [3.05, 3.63) is 29.8 Å². The molecule has 1 aromatic carbocycles. The predicted molar refractivity (Wildman–Crippen MR) is 93.8 cm³/mol. The zero-order chi connectivity index (χ0) is 21.0. The molecule has 10 heteroatoms. The first-order valence-electron chi connectivity index (χ1n) is 8.84. The number of halogens is 3. The molecule has 1 fully saturated rings. The number of hydrogen-bond donors (Lipinski definition) is 1. The first-order chi connectivity index (χ1) is 13.0. The van der Waals surface area contributed by atoms with Crippen LogP contribution in [0.15, 0.2) is 29.2 Å². The minimum atomic E-state index is -4.55. The molecule has 0 unspecified atom stereocenters. The number of esters is 1. The fourth-order valence-electron chi connectivity index (χ4n) is 3.33. The van der Waals surface area contributed by atoms with Crippen molar-refractivity contribution in [3.8, 4) is 0 Å². The first-order valence-corrected chi connectivity index (χ1v) is 10.3. The number of rotatable bonds is 7. The Hall–Kier alpha value is -1.94. The van der Waals surface area contributed by atoms with Crippen molar-refractivity contribution in [3.63, 3.8) is 0 Å². The lowest BCUT2D eigenvalue weighted by Gasteiger charge is -2.37. The van der Waals surface area contributed by atoms with E-state index in [1.165, 1.54) is 0 Å². The number of ether oxygens (including phenoxy) is 1. The zero-order valence-electron chi connectivity index (χ0n) is 15.3. The van der Waals surface area contributed by atoms with E-state index in [4.69, 9.17) is 4.74 Å². The number of aldehydes is 1. The van der Waals surface area contributed by atoms with Crippen molar-refractivity contribution in [2.24, 2.45) is 5.41 Å². The van der Waals surface area contributed by atoms with Crippen LogP contribution >= 0.6 is 0 Å². The largest absolute Gasteiger partial charge is 0.466 e. The van der Waals surface area contributed by atoms with Gasteiger partial charge in [-0.3, -0.25) is 4.79 Å². The quantitative estimate of drug-likeness (QED) is 0.540. The number of sulfonamides is 1. The molecule has 1 N–H and O–H groups in total. The average Bonchev–Trinajstić information content (AvgIpc) is 2.63. The molecule has 2 rings (SSSR count). The Bertz CT molecular complexity index is 798. The molecule has 0 radical (unpaired) electrons. The van der Waals surface area contributed by atoms with Crippen molar-refractivity contribution >= 4 is 22.3 Å². The molecular weight excluding hydrogens is 399 g/mol. The SMILES string of the molecule is CCOC(=O)C1(CC=O)CCC(NS(=O)(=O)c2ccc(C(F)(F)F)cc2)CC1. The number of benzene rings is 1. The molecule has 1 aliphatic carbocycles. The number of nitrogens with one attached hydrogen (secondary N) is 1. The fraction of sp³-hybridized carbons (Fsp3) is 0.556. The third kappa shape index (κ3) is 5.11. The maximum absolute atomic E-state index is 12.6. The number of carbonyl (C=O) groups excluding carboxylic acids is 2. The summed E-state index contributed by atoms with van der Waals surface area (Å²) in [6.07, 6.45) is -2.70. The van der Waals surface area contributed by atoms with Crippen LogP contribution in [-0.4, -0.2) is 33.3 Å². The lowest BCUT2D eigenvalue weighted by Crippen LogP contribution is -2.44. The number of carbonyl (C=O) groups is 2. The molecule has 0 heterocycles. The second-order valence-electron chi connectivity index (χ2n) is 6.79. The molecule has 0 bridgehead atoms. The highest BCUT2D eigenvalue weighted by Crippen LogP contribution is 2.40. The standard InChI is InChI=1S/C18H22F3NO5S/c1-2-27-16(24)17(11-12-23)9-7-14(8-10-17)22-28(25,26)15-5-3-13(4-6-15)18(19,20)21/h3-6,12,14,22H,2,7-11H2,1H3. The summed E-state index contributed by atoms with van der Waals surface area (Å²) in [5, 5.41) is 0. The summed E-state index contributed by atoms with van der Waals surface area (Å²) in [4.78, 5) is 22.9. The van der Waals surface area contributed by atoms with Gasteiger partial charge in [-0.15, -0.1) is 0 Å². The van der Waals surface area contributed by atoms with Gasteiger partial charge in [-0.05, 0) is 56.9 Å². The van der Waals surface area contributed by atoms with Gasteiger partial charge in [0.2, 0.25) is 10.0 Å². The van der Waals surface area contributed by atoms with E-state index in [1.807, 2.05) is 0 Å². The Morgan fingerprint density at radius 3 is 2.29 bits per heavy atom. The summed E-state index contributed by atoms with van der Waals surface area (Å²) >= 11 is 0. The van der Waals surface area contributed by atoms with Gasteiger partial charge in [0.25, 0.3) is 0 Å². The van der Waals surface area contributed by atoms with E-state index in [0.29, 0.717) is 31.3 Å². The van der Waals surface area contributed by atoms with Crippen molar-refractivity contribution in [2.75, 3.05) is 6.61 Å². The minimum Gasteiger partial charge on any atom is -0.466 e. The Labute approximate surface area is 161 Å². The second-order valence-corrected chi connectivity index (χ2v) is 8.50. The van der Waals surface area contributed by atoms with E-state index < -0.39 is 39.2 Å². The highest BCUT2D eigenvalue weighted by atomic mass is 32.2. The molecule has 6 nitrogen and oxygen atoms in total. The van der Waals surface area contributed by atoms with Gasteiger partial charge < -0.3 is 9.53 Å². The summed E-state index contributed by atoms with van der Waals surface area (Å²) in [5.41, 5.74) is -1.88. The third-order valence-corrected chi connectivity index (χ3v) is 6.48. The average molecular weight is 421 g/mol. The highest BCUT2D eigenvalue weighted by Gasteiger charge is 2.43. The van der Waals surface area contributed by atoms with Crippen LogP contribution in [0.2, 0.25) is 0 Å². The molecule has 0 saturated heterocycles. The maximum atomic E-state index is 12.6. The van der Waals surface area contributed by atoms with Crippen LogP contribution in [0.1, 0.15) is 44.6 Å². The van der Waals surface area contributed by atoms with E-state index in [2.05, 4.69) is 4.72 Å². The summed E-state index contributed by atoms with van der Waals surface area (Å²) in [6, 6.07) is 2.75. The van der Waals surface area contributed by atoms with Crippen LogP contribution in [0.5, 0.6) is 0 Å². The Morgan fingerprint density at radius 2 is 1.82 bits per heavy atom. The molecule has 1 saturated carbocycles. The van der Waals surface area contributed by atoms with Gasteiger partial charge in [0, 0.05) is 12.5 Å². The van der Waals surface area contributed by atoms with E-state index in [-0.39, 0.29) is 30.8 Å². The van der Waals surface area contributed by atoms with Gasteiger partial charge >= 0.3 is 12.1 Å². The first kappa shape index (κ1) is 22.4. The lowest BCUT2D eigenvalue weighted by atomic mass is 9.71. The van der Waals surface area contributed by atoms with Gasteiger partial charge in [-0.2, -0.15) is 13.2 Å². The Kier molecular flexibility index (Phi) is 6.87. The Balaban J connectivity index is 2.06. The monoisotopic (exact) mass is 421 g/mol. The van der Waals surface area contributed by atoms with Gasteiger partial charge in [-0.25, -0.2) is 13.1 Å². The van der Waals surface area contributed by atoms with Crippen LogP contribution < -0.4 is 4.72 Å². The molecule has 0 atom stereocenters. The van der Waals surface area contributed by atoms with Crippen LogP contribution in [0.4, 0.5) is 13.2 Å². The molecule has 0 amide bonds. The maximum Gasteiger partial charge on any atom is 0.416 e. The molecule has 28 heavy (non-hydrogen) atoms. The van der Waals surface area contributed by atoms with Crippen LogP contribution in [0.3, 0.4) is 0 Å². The smallest absolute Gasteiger partial charge is 0.416 e. The van der Waals surface area contributed by atoms with Crippen LogP contribution in [0, 0.1) is 5.41 Å². The Morgan fingerprint density at radius 1 is 1.25 bits per heavy atom. The summed E-state index contributed by atoms with van der Waals surface area (Å²) in [6.45, 7) is 1.85. The predicted octanol–water partition coefficient (Wildman–Crippen LogP) is 3.06. The van der Waals surface area contributed by atoms with E-state index in [9.17, 15) is 31.2 Å². The van der Waals surface area contributed by atoms with Gasteiger partial charge in [0.05, 0.1) is 22.5 Å². The van der Waals surface area contributed by atoms with E-state index in [1.54, 1.807) is 6.92 Å². The van der Waals surface area contributed by atoms with Crippen molar-refractivity contribution in [1.82, 2.24) is 4.72 Å². The van der Waals surface area contributed by atoms with Crippen LogP contribution in [-0.2, 0) is 30.5 Å². The van der Waals surface area contributed by atoms with E-state index in [0.717, 1.165) is 12.1 Å². The number of alkyl halides is 3. The molecular formula is C18H22F3NO5S. The van der Waals surface area contributed by atoms with Crippen molar-refractivity contribution < 1.29 is 35.9 Å². The summed E-state index contributed by atoms with van der Waals surface area (Å²) < 4.78 is 70.3. The fourth-order valence-corrected chi connectivity index (χ4v) is 4.64. The van der Waals surface area contributed by atoms with E-state index >= 15 is 0 Å². The van der Waals surface area contributed by atoms with Gasteiger partial charge in [-0.1, -0.05) is 0 Å². The molecule has 1 aromatic rings. The molecule has 0 spiro atoms. The van der Waals surface area contributed by atoms with Crippen LogP contribution in [0.25, 0.3) is 0 Å². The zero-order valence-corrected chi connectivity index (χ0v) is 16.1. The summed E-state index contributed by atoms with van der Waals surface area (Å²) in [7, 11) is -4.01. The topological polar surface area (TPSA) is 89.5 Å². The lowest BCUT2D eigenvalue weighted by molar-refractivity contribution is -0.159. The molecule has 156 valence electrons.